The van der Waals surface area contributed by atoms with Gasteiger partial charge in [0.1, 0.15) is 11.6 Å². The van der Waals surface area contributed by atoms with Crippen LogP contribution in [-0.2, 0) is 13.1 Å². The van der Waals surface area contributed by atoms with E-state index in [9.17, 15) is 4.79 Å². The Morgan fingerprint density at radius 1 is 1.00 bits per heavy atom. The van der Waals surface area contributed by atoms with E-state index >= 15 is 0 Å². The molecule has 0 aliphatic rings. The number of ether oxygens (including phenoxy) is 1. The number of halogens is 1. The van der Waals surface area contributed by atoms with Crippen molar-refractivity contribution >= 4 is 32.9 Å². The maximum absolute atomic E-state index is 12.5. The number of fused-ring (bicyclic) bond motifs is 1. The van der Waals surface area contributed by atoms with Crippen LogP contribution < -0.4 is 10.1 Å². The lowest BCUT2D eigenvalue weighted by Gasteiger charge is -2.11. The molecule has 4 rings (SSSR count). The van der Waals surface area contributed by atoms with Crippen LogP contribution in [0.25, 0.3) is 11.0 Å². The predicted octanol–water partition coefficient (Wildman–Crippen LogP) is 5.20. The van der Waals surface area contributed by atoms with Crippen LogP contribution in [0.5, 0.6) is 5.75 Å². The average molecular weight is 464 g/mol. The Hall–Kier alpha value is -3.12. The highest BCUT2D eigenvalue weighted by Crippen LogP contribution is 2.18. The van der Waals surface area contributed by atoms with Gasteiger partial charge in [-0.15, -0.1) is 0 Å². The fraction of sp³-hybridized carbons (Fsp3) is 0.167. The Kier molecular flexibility index (Phi) is 6.44. The Morgan fingerprint density at radius 3 is 2.63 bits per heavy atom. The normalized spacial score (nSPS) is 10.8. The molecule has 0 spiro atoms. The summed E-state index contributed by atoms with van der Waals surface area (Å²) in [5.41, 5.74) is 2.60. The first-order valence-electron chi connectivity index (χ1n) is 9.86. The number of benzene rings is 3. The fourth-order valence-electron chi connectivity index (χ4n) is 3.33. The predicted molar refractivity (Wildman–Crippen MR) is 122 cm³/mol. The third-order valence-electron chi connectivity index (χ3n) is 4.77. The standard InChI is InChI=1S/C24H22BrN3O2/c25-19-9-6-8-18(16-19)24(29)26-17-23-27-21-12-4-5-13-22(21)28(23)14-7-15-30-20-10-2-1-3-11-20/h1-6,8-13,16H,7,14-15,17H2,(H,26,29). The van der Waals surface area contributed by atoms with E-state index in [0.717, 1.165) is 40.0 Å². The molecule has 4 aromatic rings. The van der Waals surface area contributed by atoms with E-state index < -0.39 is 0 Å². The van der Waals surface area contributed by atoms with Gasteiger partial charge in [-0.05, 0) is 48.9 Å². The van der Waals surface area contributed by atoms with Crippen LogP contribution in [0.2, 0.25) is 0 Å². The van der Waals surface area contributed by atoms with E-state index in [1.54, 1.807) is 12.1 Å². The smallest absolute Gasteiger partial charge is 0.251 e. The molecule has 1 aromatic heterocycles. The third-order valence-corrected chi connectivity index (χ3v) is 5.26. The first kappa shape index (κ1) is 20.2. The Balaban J connectivity index is 1.44. The van der Waals surface area contributed by atoms with Crippen LogP contribution in [0.1, 0.15) is 22.6 Å². The highest BCUT2D eigenvalue weighted by Gasteiger charge is 2.12. The Labute approximate surface area is 183 Å². The summed E-state index contributed by atoms with van der Waals surface area (Å²) >= 11 is 3.41. The van der Waals surface area contributed by atoms with Crippen LogP contribution in [0, 0.1) is 0 Å². The summed E-state index contributed by atoms with van der Waals surface area (Å²) in [5, 5.41) is 2.99. The van der Waals surface area contributed by atoms with Crippen LogP contribution in [-0.4, -0.2) is 22.1 Å². The van der Waals surface area contributed by atoms with E-state index in [-0.39, 0.29) is 5.91 Å². The topological polar surface area (TPSA) is 56.2 Å². The number of amides is 1. The molecule has 6 heteroatoms. The van der Waals surface area contributed by atoms with Crippen molar-refractivity contribution in [3.63, 3.8) is 0 Å². The second-order valence-corrected chi connectivity index (χ2v) is 7.79. The summed E-state index contributed by atoms with van der Waals surface area (Å²) in [6, 6.07) is 25.2. The van der Waals surface area contributed by atoms with Gasteiger partial charge in [0.05, 0.1) is 24.2 Å². The number of aryl methyl sites for hydroxylation is 1. The van der Waals surface area contributed by atoms with Crippen molar-refractivity contribution in [3.8, 4) is 5.75 Å². The molecule has 0 unspecified atom stereocenters. The molecular weight excluding hydrogens is 442 g/mol. The molecule has 5 nitrogen and oxygen atoms in total. The number of rotatable bonds is 8. The molecule has 1 heterocycles. The average Bonchev–Trinajstić information content (AvgIpc) is 3.13. The number of imidazole rings is 1. The molecule has 0 aliphatic heterocycles. The molecule has 0 bridgehead atoms. The lowest BCUT2D eigenvalue weighted by atomic mass is 10.2. The van der Waals surface area contributed by atoms with Crippen molar-refractivity contribution < 1.29 is 9.53 Å². The first-order chi connectivity index (χ1) is 14.7. The van der Waals surface area contributed by atoms with Crippen LogP contribution in [0.3, 0.4) is 0 Å². The molecular formula is C24H22BrN3O2. The summed E-state index contributed by atoms with van der Waals surface area (Å²) in [6.45, 7) is 1.73. The first-order valence-corrected chi connectivity index (χ1v) is 10.7. The van der Waals surface area contributed by atoms with Gasteiger partial charge in [-0.25, -0.2) is 4.98 Å². The molecule has 3 aromatic carbocycles. The van der Waals surface area contributed by atoms with Gasteiger partial charge in [-0.2, -0.15) is 0 Å². The van der Waals surface area contributed by atoms with Gasteiger partial charge in [-0.3, -0.25) is 4.79 Å². The minimum Gasteiger partial charge on any atom is -0.494 e. The van der Waals surface area contributed by atoms with Crippen LogP contribution in [0.4, 0.5) is 0 Å². The maximum Gasteiger partial charge on any atom is 0.251 e. The number of hydrogen-bond donors (Lipinski definition) is 1. The molecule has 0 fully saturated rings. The zero-order valence-corrected chi connectivity index (χ0v) is 18.0. The van der Waals surface area contributed by atoms with E-state index in [2.05, 4.69) is 31.9 Å². The zero-order valence-electron chi connectivity index (χ0n) is 16.4. The van der Waals surface area contributed by atoms with Gasteiger partial charge in [0.2, 0.25) is 0 Å². The second kappa shape index (κ2) is 9.59. The van der Waals surface area contributed by atoms with Gasteiger partial charge < -0.3 is 14.6 Å². The van der Waals surface area contributed by atoms with E-state index in [4.69, 9.17) is 9.72 Å². The number of aromatic nitrogens is 2. The number of para-hydroxylation sites is 3. The molecule has 1 N–H and O–H groups in total. The lowest BCUT2D eigenvalue weighted by molar-refractivity contribution is 0.0949. The Morgan fingerprint density at radius 2 is 1.80 bits per heavy atom. The maximum atomic E-state index is 12.5. The SMILES string of the molecule is O=C(NCc1nc2ccccc2n1CCCOc1ccccc1)c1cccc(Br)c1. The van der Waals surface area contributed by atoms with E-state index in [0.29, 0.717) is 18.7 Å². The molecule has 1 amide bonds. The molecule has 0 aliphatic carbocycles. The van der Waals surface area contributed by atoms with Crippen molar-refractivity contribution in [1.82, 2.24) is 14.9 Å². The quantitative estimate of drug-likeness (QED) is 0.365. The van der Waals surface area contributed by atoms with Crippen molar-refractivity contribution in [2.75, 3.05) is 6.61 Å². The second-order valence-electron chi connectivity index (χ2n) is 6.88. The molecule has 0 saturated carbocycles. The van der Waals surface area contributed by atoms with E-state index in [1.807, 2.05) is 60.7 Å². The molecule has 0 atom stereocenters. The summed E-state index contributed by atoms with van der Waals surface area (Å²) in [7, 11) is 0. The Bertz CT molecular complexity index is 1140. The summed E-state index contributed by atoms with van der Waals surface area (Å²) < 4.78 is 8.85. The van der Waals surface area contributed by atoms with Crippen molar-refractivity contribution in [2.45, 2.75) is 19.5 Å². The van der Waals surface area contributed by atoms with Crippen molar-refractivity contribution in [2.24, 2.45) is 0 Å². The number of hydrogen-bond acceptors (Lipinski definition) is 3. The summed E-state index contributed by atoms with van der Waals surface area (Å²) in [5.74, 6) is 1.58. The molecule has 0 radical (unpaired) electrons. The number of carbonyl (C=O) groups is 1. The minimum absolute atomic E-state index is 0.123. The fourth-order valence-corrected chi connectivity index (χ4v) is 3.73. The highest BCUT2D eigenvalue weighted by molar-refractivity contribution is 9.10. The van der Waals surface area contributed by atoms with Gasteiger partial charge in [-0.1, -0.05) is 52.3 Å². The van der Waals surface area contributed by atoms with Crippen LogP contribution >= 0.6 is 15.9 Å². The summed E-state index contributed by atoms with van der Waals surface area (Å²) in [6.07, 6.45) is 0.835. The molecule has 152 valence electrons. The molecule has 0 saturated heterocycles. The highest BCUT2D eigenvalue weighted by atomic mass is 79.9. The van der Waals surface area contributed by atoms with Gasteiger partial charge in [0.25, 0.3) is 5.91 Å². The molecule has 30 heavy (non-hydrogen) atoms. The third kappa shape index (κ3) is 4.89. The zero-order chi connectivity index (χ0) is 20.8. The van der Waals surface area contributed by atoms with Gasteiger partial charge in [0, 0.05) is 16.6 Å². The van der Waals surface area contributed by atoms with Crippen molar-refractivity contribution in [3.05, 3.63) is 94.7 Å². The lowest BCUT2D eigenvalue weighted by Crippen LogP contribution is -2.25. The van der Waals surface area contributed by atoms with Gasteiger partial charge >= 0.3 is 0 Å². The number of nitrogens with zero attached hydrogens (tertiary/aromatic N) is 2. The van der Waals surface area contributed by atoms with Crippen LogP contribution in [0.15, 0.2) is 83.3 Å². The van der Waals surface area contributed by atoms with Gasteiger partial charge in [0.15, 0.2) is 0 Å². The summed E-state index contributed by atoms with van der Waals surface area (Å²) in [4.78, 5) is 17.3. The monoisotopic (exact) mass is 463 g/mol. The number of carbonyl (C=O) groups excluding carboxylic acids is 1. The van der Waals surface area contributed by atoms with E-state index in [1.165, 1.54) is 0 Å². The van der Waals surface area contributed by atoms with Crippen molar-refractivity contribution in [1.29, 1.82) is 0 Å². The largest absolute Gasteiger partial charge is 0.494 e. The minimum atomic E-state index is -0.123. The number of nitrogens with one attached hydrogen (secondary N) is 1.